The molecule has 2 rings (SSSR count). The Labute approximate surface area is 113 Å². The van der Waals surface area contributed by atoms with E-state index in [-0.39, 0.29) is 18.4 Å². The van der Waals surface area contributed by atoms with Crippen LogP contribution in [0.5, 0.6) is 0 Å². The number of amides is 1. The smallest absolute Gasteiger partial charge is 0.387 e. The van der Waals surface area contributed by atoms with Crippen LogP contribution in [0.4, 0.5) is 19.0 Å². The minimum atomic E-state index is -4.50. The van der Waals surface area contributed by atoms with E-state index in [1.807, 2.05) is 0 Å². The summed E-state index contributed by atoms with van der Waals surface area (Å²) in [6.07, 6.45) is -4.00. The summed E-state index contributed by atoms with van der Waals surface area (Å²) in [5, 5.41) is 15.0. The molecule has 1 amide bonds. The Bertz CT molecular complexity index is 500. The summed E-state index contributed by atoms with van der Waals surface area (Å²) >= 11 is 0. The van der Waals surface area contributed by atoms with Gasteiger partial charge in [0.05, 0.1) is 6.04 Å². The number of aliphatic hydroxyl groups is 1. The number of anilines is 1. The molecule has 0 aromatic carbocycles. The Morgan fingerprint density at radius 1 is 1.60 bits per heavy atom. The van der Waals surface area contributed by atoms with Gasteiger partial charge < -0.3 is 15.3 Å². The van der Waals surface area contributed by atoms with Crippen LogP contribution in [0.2, 0.25) is 0 Å². The molecule has 0 bridgehead atoms. The monoisotopic (exact) mass is 292 g/mol. The van der Waals surface area contributed by atoms with E-state index in [9.17, 15) is 18.0 Å². The molecule has 1 saturated heterocycles. The molecule has 112 valence electrons. The molecule has 2 heterocycles. The highest BCUT2D eigenvalue weighted by atomic mass is 19.4. The van der Waals surface area contributed by atoms with Gasteiger partial charge in [-0.2, -0.15) is 18.3 Å². The van der Waals surface area contributed by atoms with Gasteiger partial charge in [-0.3, -0.25) is 4.79 Å². The van der Waals surface area contributed by atoms with E-state index in [1.165, 1.54) is 16.6 Å². The van der Waals surface area contributed by atoms with Crippen molar-refractivity contribution in [1.29, 1.82) is 0 Å². The Hall–Kier alpha value is -1.77. The van der Waals surface area contributed by atoms with Crippen molar-refractivity contribution in [2.75, 3.05) is 32.1 Å². The maximum Gasteiger partial charge on any atom is 0.435 e. The molecular weight excluding hydrogens is 277 g/mol. The molecule has 1 fully saturated rings. The molecule has 1 unspecified atom stereocenters. The predicted octanol–water partition coefficient (Wildman–Crippen LogP) is 0.709. The average molecular weight is 292 g/mol. The number of aromatic nitrogens is 2. The molecular formula is C11H15F3N4O2. The summed E-state index contributed by atoms with van der Waals surface area (Å²) in [7, 11) is 1.51. The lowest BCUT2D eigenvalue weighted by Crippen LogP contribution is -2.31. The van der Waals surface area contributed by atoms with Gasteiger partial charge in [0.1, 0.15) is 12.4 Å². The third-order valence-corrected chi connectivity index (χ3v) is 3.28. The molecule has 20 heavy (non-hydrogen) atoms. The number of carbonyl (C=O) groups is 1. The third-order valence-electron chi connectivity index (χ3n) is 3.28. The molecule has 0 spiro atoms. The van der Waals surface area contributed by atoms with Crippen molar-refractivity contribution >= 4 is 11.7 Å². The minimum absolute atomic E-state index is 0.243. The van der Waals surface area contributed by atoms with Gasteiger partial charge in [0.2, 0.25) is 5.91 Å². The second-order valence-electron chi connectivity index (χ2n) is 4.55. The van der Waals surface area contributed by atoms with Crippen LogP contribution in [0.25, 0.3) is 0 Å². The van der Waals surface area contributed by atoms with Crippen molar-refractivity contribution < 1.29 is 23.1 Å². The largest absolute Gasteiger partial charge is 0.435 e. The van der Waals surface area contributed by atoms with Crippen LogP contribution >= 0.6 is 0 Å². The number of likely N-dealkylation sites (tertiary alicyclic amines) is 1. The number of hydrogen-bond acceptors (Lipinski definition) is 4. The number of nitrogens with one attached hydrogen (secondary N) is 1. The van der Waals surface area contributed by atoms with Crippen molar-refractivity contribution in [3.05, 3.63) is 11.8 Å². The van der Waals surface area contributed by atoms with Crippen molar-refractivity contribution in [2.45, 2.75) is 18.6 Å². The van der Waals surface area contributed by atoms with Gasteiger partial charge in [-0.05, 0) is 6.42 Å². The molecule has 9 heteroatoms. The average Bonchev–Trinajstić information content (AvgIpc) is 3.02. The van der Waals surface area contributed by atoms with Crippen LogP contribution in [0.15, 0.2) is 6.07 Å². The van der Waals surface area contributed by atoms with Crippen molar-refractivity contribution in [2.24, 2.45) is 0 Å². The molecule has 1 atom stereocenters. The van der Waals surface area contributed by atoms with Crippen LogP contribution in [0.1, 0.15) is 18.2 Å². The number of rotatable bonds is 3. The summed E-state index contributed by atoms with van der Waals surface area (Å²) in [4.78, 5) is 12.8. The third kappa shape index (κ3) is 2.72. The van der Waals surface area contributed by atoms with E-state index in [0.717, 1.165) is 6.07 Å². The Balaban J connectivity index is 2.21. The predicted molar refractivity (Wildman–Crippen MR) is 64.1 cm³/mol. The maximum atomic E-state index is 12.7. The molecule has 0 aliphatic carbocycles. The lowest BCUT2D eigenvalue weighted by atomic mass is 10.3. The number of carbonyl (C=O) groups excluding carboxylic acids is 1. The minimum Gasteiger partial charge on any atom is -0.387 e. The first kappa shape index (κ1) is 14.6. The van der Waals surface area contributed by atoms with Crippen LogP contribution in [0.3, 0.4) is 0 Å². The van der Waals surface area contributed by atoms with Gasteiger partial charge in [0.15, 0.2) is 5.69 Å². The van der Waals surface area contributed by atoms with Crippen molar-refractivity contribution in [1.82, 2.24) is 14.7 Å². The highest BCUT2D eigenvalue weighted by Gasteiger charge is 2.37. The van der Waals surface area contributed by atoms with E-state index < -0.39 is 24.4 Å². The Kier molecular flexibility index (Phi) is 3.89. The normalized spacial score (nSPS) is 19.4. The van der Waals surface area contributed by atoms with E-state index >= 15 is 0 Å². The second-order valence-corrected chi connectivity index (χ2v) is 4.55. The van der Waals surface area contributed by atoms with Crippen LogP contribution in [-0.2, 0) is 11.0 Å². The second kappa shape index (κ2) is 5.31. The van der Waals surface area contributed by atoms with E-state index in [1.54, 1.807) is 0 Å². The van der Waals surface area contributed by atoms with Gasteiger partial charge in [-0.25, -0.2) is 4.68 Å². The molecule has 1 aliphatic heterocycles. The van der Waals surface area contributed by atoms with Gasteiger partial charge >= 0.3 is 6.18 Å². The van der Waals surface area contributed by atoms with Gasteiger partial charge in [-0.1, -0.05) is 0 Å². The fourth-order valence-electron chi connectivity index (χ4n) is 2.27. The SMILES string of the molecule is CNc1cc(C(F)(F)F)nn1C1CCN(C(=O)CO)C1. The summed E-state index contributed by atoms with van der Waals surface area (Å²) in [5.74, 6) is -0.178. The number of halogens is 3. The number of alkyl halides is 3. The molecule has 1 aromatic rings. The summed E-state index contributed by atoms with van der Waals surface area (Å²) in [6.45, 7) is 0.0417. The number of aliphatic hydroxyl groups excluding tert-OH is 1. The maximum absolute atomic E-state index is 12.7. The zero-order valence-electron chi connectivity index (χ0n) is 10.8. The first-order chi connectivity index (χ1) is 9.36. The molecule has 0 saturated carbocycles. The Morgan fingerprint density at radius 2 is 2.30 bits per heavy atom. The fraction of sp³-hybridized carbons (Fsp3) is 0.636. The first-order valence-electron chi connectivity index (χ1n) is 6.10. The number of hydrogen-bond donors (Lipinski definition) is 2. The van der Waals surface area contributed by atoms with Gasteiger partial charge in [0, 0.05) is 26.2 Å². The highest BCUT2D eigenvalue weighted by molar-refractivity contribution is 5.77. The Morgan fingerprint density at radius 3 is 2.85 bits per heavy atom. The molecule has 1 aliphatic rings. The molecule has 2 N–H and O–H groups in total. The molecule has 6 nitrogen and oxygen atoms in total. The van der Waals surface area contributed by atoms with Crippen molar-refractivity contribution in [3.63, 3.8) is 0 Å². The van der Waals surface area contributed by atoms with E-state index in [4.69, 9.17) is 5.11 Å². The summed E-state index contributed by atoms with van der Waals surface area (Å²) in [5.41, 5.74) is -0.964. The topological polar surface area (TPSA) is 70.4 Å². The fourth-order valence-corrected chi connectivity index (χ4v) is 2.27. The summed E-state index contributed by atoms with van der Waals surface area (Å²) in [6, 6.07) is 0.611. The highest BCUT2D eigenvalue weighted by Crippen LogP contribution is 2.32. The van der Waals surface area contributed by atoms with Gasteiger partial charge in [-0.15, -0.1) is 0 Å². The van der Waals surface area contributed by atoms with Gasteiger partial charge in [0.25, 0.3) is 0 Å². The van der Waals surface area contributed by atoms with E-state index in [0.29, 0.717) is 13.0 Å². The first-order valence-corrected chi connectivity index (χ1v) is 6.10. The zero-order chi connectivity index (χ0) is 14.9. The molecule has 0 radical (unpaired) electrons. The van der Waals surface area contributed by atoms with E-state index in [2.05, 4.69) is 10.4 Å². The van der Waals surface area contributed by atoms with Crippen LogP contribution < -0.4 is 5.32 Å². The summed E-state index contributed by atoms with van der Waals surface area (Å²) < 4.78 is 39.2. The lowest BCUT2D eigenvalue weighted by molar-refractivity contribution is -0.141. The quantitative estimate of drug-likeness (QED) is 0.861. The zero-order valence-corrected chi connectivity index (χ0v) is 10.8. The molecule has 1 aromatic heterocycles. The lowest BCUT2D eigenvalue weighted by Gasteiger charge is -2.16. The van der Waals surface area contributed by atoms with Crippen LogP contribution in [-0.4, -0.2) is 52.4 Å². The number of nitrogens with zero attached hydrogens (tertiary/aromatic N) is 3. The van der Waals surface area contributed by atoms with Crippen LogP contribution in [0, 0.1) is 0 Å². The standard InChI is InChI=1S/C11H15F3N4O2/c1-15-9-4-8(11(12,13)14)16-18(9)7-2-3-17(5-7)10(20)6-19/h4,7,15,19H,2-3,5-6H2,1H3. The van der Waals surface area contributed by atoms with Crippen molar-refractivity contribution in [3.8, 4) is 0 Å².